The fraction of sp³-hybridized carbons (Fsp3) is 0.357. The summed E-state index contributed by atoms with van der Waals surface area (Å²) in [5.74, 6) is 1.18. The number of rotatable bonds is 2. The first kappa shape index (κ1) is 14.1. The largest absolute Gasteiger partial charge is 0.485 e. The minimum atomic E-state index is -0.513. The summed E-state index contributed by atoms with van der Waals surface area (Å²) in [6.07, 6.45) is 1.45. The molecule has 9 heteroatoms. The van der Waals surface area contributed by atoms with Crippen molar-refractivity contribution in [3.63, 3.8) is 0 Å². The number of imidazole rings is 1. The standard InChI is InChI=1S/C14H14N4O4S/c15-13(19)8-5-16-10-6-17(1-2-18(8)10)14(20)12-11-9(7-23-12)21-3-4-22-11/h5,7H,1-4,6H2,(H2,15,19). The second kappa shape index (κ2) is 5.27. The topological polar surface area (TPSA) is 99.7 Å². The van der Waals surface area contributed by atoms with Gasteiger partial charge >= 0.3 is 0 Å². The molecule has 0 atom stereocenters. The van der Waals surface area contributed by atoms with E-state index >= 15 is 0 Å². The Labute approximate surface area is 135 Å². The predicted octanol–water partition coefficient (Wildman–Crippen LogP) is 0.471. The molecule has 4 rings (SSSR count). The van der Waals surface area contributed by atoms with Crippen LogP contribution in [-0.2, 0) is 13.1 Å². The van der Waals surface area contributed by atoms with Crippen molar-refractivity contribution in [2.75, 3.05) is 19.8 Å². The monoisotopic (exact) mass is 334 g/mol. The molecular formula is C14H14N4O4S. The molecule has 0 fully saturated rings. The van der Waals surface area contributed by atoms with Gasteiger partial charge in [-0.25, -0.2) is 4.98 Å². The van der Waals surface area contributed by atoms with Crippen LogP contribution in [0.2, 0.25) is 0 Å². The van der Waals surface area contributed by atoms with Crippen LogP contribution in [0.1, 0.15) is 26.0 Å². The van der Waals surface area contributed by atoms with E-state index in [2.05, 4.69) is 4.98 Å². The van der Waals surface area contributed by atoms with E-state index in [1.807, 2.05) is 0 Å². The number of fused-ring (bicyclic) bond motifs is 2. The van der Waals surface area contributed by atoms with Crippen LogP contribution in [0.4, 0.5) is 0 Å². The number of hydrogen-bond donors (Lipinski definition) is 1. The summed E-state index contributed by atoms with van der Waals surface area (Å²) in [6.45, 7) is 2.24. The van der Waals surface area contributed by atoms with Crippen molar-refractivity contribution in [2.24, 2.45) is 5.73 Å². The molecule has 0 saturated heterocycles. The highest BCUT2D eigenvalue weighted by Gasteiger charge is 2.30. The maximum absolute atomic E-state index is 12.8. The molecule has 0 radical (unpaired) electrons. The lowest BCUT2D eigenvalue weighted by atomic mass is 10.3. The van der Waals surface area contributed by atoms with Crippen LogP contribution < -0.4 is 15.2 Å². The van der Waals surface area contributed by atoms with E-state index in [0.717, 1.165) is 0 Å². The summed E-state index contributed by atoms with van der Waals surface area (Å²) >= 11 is 1.32. The first-order valence-corrected chi connectivity index (χ1v) is 8.03. The number of nitrogens with two attached hydrogens (primary N) is 1. The summed E-state index contributed by atoms with van der Waals surface area (Å²) in [5.41, 5.74) is 5.69. The van der Waals surface area contributed by atoms with E-state index < -0.39 is 5.91 Å². The second-order valence-electron chi connectivity index (χ2n) is 5.26. The smallest absolute Gasteiger partial charge is 0.268 e. The molecule has 23 heavy (non-hydrogen) atoms. The average molecular weight is 334 g/mol. The van der Waals surface area contributed by atoms with E-state index in [9.17, 15) is 9.59 Å². The van der Waals surface area contributed by atoms with E-state index in [4.69, 9.17) is 15.2 Å². The van der Waals surface area contributed by atoms with Crippen LogP contribution in [0.15, 0.2) is 11.6 Å². The molecule has 120 valence electrons. The third-order valence-corrected chi connectivity index (χ3v) is 4.83. The highest BCUT2D eigenvalue weighted by molar-refractivity contribution is 7.12. The molecule has 0 spiro atoms. The molecule has 2 amide bonds. The molecule has 0 bridgehead atoms. The van der Waals surface area contributed by atoms with Gasteiger partial charge in [-0.2, -0.15) is 0 Å². The molecule has 2 aliphatic heterocycles. The number of hydrogen-bond acceptors (Lipinski definition) is 6. The molecule has 0 saturated carbocycles. The van der Waals surface area contributed by atoms with Crippen LogP contribution in [0.5, 0.6) is 11.5 Å². The van der Waals surface area contributed by atoms with Crippen molar-refractivity contribution in [1.82, 2.24) is 14.5 Å². The van der Waals surface area contributed by atoms with Crippen LogP contribution in [0, 0.1) is 0 Å². The number of primary amides is 1. The zero-order valence-electron chi connectivity index (χ0n) is 12.2. The van der Waals surface area contributed by atoms with Crippen LogP contribution in [0.3, 0.4) is 0 Å². The van der Waals surface area contributed by atoms with Crippen LogP contribution >= 0.6 is 11.3 Å². The van der Waals surface area contributed by atoms with Gasteiger partial charge < -0.3 is 24.7 Å². The Morgan fingerprint density at radius 2 is 2.09 bits per heavy atom. The lowest BCUT2D eigenvalue weighted by molar-refractivity contribution is 0.0703. The van der Waals surface area contributed by atoms with Crippen molar-refractivity contribution in [2.45, 2.75) is 13.1 Å². The fourth-order valence-corrected chi connectivity index (χ4v) is 3.68. The zero-order valence-corrected chi connectivity index (χ0v) is 13.0. The summed E-state index contributed by atoms with van der Waals surface area (Å²) < 4.78 is 12.8. The van der Waals surface area contributed by atoms with Gasteiger partial charge in [0.1, 0.15) is 29.6 Å². The van der Waals surface area contributed by atoms with Crippen molar-refractivity contribution in [3.05, 3.63) is 28.0 Å². The minimum absolute atomic E-state index is 0.114. The molecule has 0 unspecified atom stereocenters. The van der Waals surface area contributed by atoms with Gasteiger partial charge in [-0.3, -0.25) is 9.59 Å². The number of carbonyl (C=O) groups excluding carboxylic acids is 2. The van der Waals surface area contributed by atoms with E-state index in [0.29, 0.717) is 60.7 Å². The number of thiophene rings is 1. The second-order valence-corrected chi connectivity index (χ2v) is 6.14. The van der Waals surface area contributed by atoms with Crippen molar-refractivity contribution < 1.29 is 19.1 Å². The molecule has 4 heterocycles. The summed E-state index contributed by atoms with van der Waals surface area (Å²) in [4.78, 5) is 30.5. The number of amides is 2. The molecule has 2 aliphatic rings. The van der Waals surface area contributed by atoms with E-state index in [-0.39, 0.29) is 5.91 Å². The normalized spacial score (nSPS) is 16.1. The molecule has 0 aliphatic carbocycles. The Kier molecular flexibility index (Phi) is 3.22. The lowest BCUT2D eigenvalue weighted by Gasteiger charge is -2.28. The van der Waals surface area contributed by atoms with Crippen LogP contribution in [-0.4, -0.2) is 46.0 Å². The maximum atomic E-state index is 12.8. The van der Waals surface area contributed by atoms with Crippen molar-refractivity contribution in [1.29, 1.82) is 0 Å². The Bertz CT molecular complexity index is 797. The van der Waals surface area contributed by atoms with E-state index in [1.54, 1.807) is 14.8 Å². The highest BCUT2D eigenvalue weighted by Crippen LogP contribution is 2.40. The SMILES string of the molecule is NC(=O)c1cnc2n1CCN(C(=O)c1scc3c1OCCO3)C2. The van der Waals surface area contributed by atoms with E-state index in [1.165, 1.54) is 17.5 Å². The summed E-state index contributed by atoms with van der Waals surface area (Å²) in [6, 6.07) is 0. The zero-order chi connectivity index (χ0) is 16.0. The molecular weight excluding hydrogens is 320 g/mol. The molecule has 2 aromatic rings. The number of ether oxygens (including phenoxy) is 2. The summed E-state index contributed by atoms with van der Waals surface area (Å²) in [7, 11) is 0. The number of nitrogens with zero attached hydrogens (tertiary/aromatic N) is 3. The Hall–Kier alpha value is -2.55. The third-order valence-electron chi connectivity index (χ3n) is 3.90. The summed E-state index contributed by atoms with van der Waals surface area (Å²) in [5, 5.41) is 1.79. The van der Waals surface area contributed by atoms with Gasteiger partial charge in [0.25, 0.3) is 11.8 Å². The van der Waals surface area contributed by atoms with Gasteiger partial charge in [0.15, 0.2) is 11.5 Å². The number of aromatic nitrogens is 2. The van der Waals surface area contributed by atoms with Gasteiger partial charge in [0, 0.05) is 18.5 Å². The number of carbonyl (C=O) groups is 2. The molecule has 0 aromatic carbocycles. The van der Waals surface area contributed by atoms with Gasteiger partial charge in [-0.1, -0.05) is 0 Å². The lowest BCUT2D eigenvalue weighted by Crippen LogP contribution is -2.39. The van der Waals surface area contributed by atoms with Crippen molar-refractivity contribution in [3.8, 4) is 11.5 Å². The Morgan fingerprint density at radius 3 is 2.91 bits per heavy atom. The quantitative estimate of drug-likeness (QED) is 0.860. The van der Waals surface area contributed by atoms with Gasteiger partial charge in [-0.15, -0.1) is 11.3 Å². The Morgan fingerprint density at radius 1 is 1.26 bits per heavy atom. The van der Waals surface area contributed by atoms with Gasteiger partial charge in [0.2, 0.25) is 0 Å². The molecule has 2 N–H and O–H groups in total. The highest BCUT2D eigenvalue weighted by atomic mass is 32.1. The average Bonchev–Trinajstić information content (AvgIpc) is 3.17. The Balaban J connectivity index is 1.59. The third kappa shape index (κ3) is 2.24. The van der Waals surface area contributed by atoms with Crippen LogP contribution in [0.25, 0.3) is 0 Å². The maximum Gasteiger partial charge on any atom is 0.268 e. The van der Waals surface area contributed by atoms with Gasteiger partial charge in [0.05, 0.1) is 12.7 Å². The predicted molar refractivity (Wildman–Crippen MR) is 80.8 cm³/mol. The minimum Gasteiger partial charge on any atom is -0.485 e. The first-order valence-electron chi connectivity index (χ1n) is 7.15. The van der Waals surface area contributed by atoms with Crippen molar-refractivity contribution >= 4 is 23.2 Å². The fourth-order valence-electron chi connectivity index (χ4n) is 2.78. The molecule has 2 aromatic heterocycles. The first-order chi connectivity index (χ1) is 11.1. The molecule has 8 nitrogen and oxygen atoms in total. The van der Waals surface area contributed by atoms with Gasteiger partial charge in [-0.05, 0) is 0 Å².